The Balaban J connectivity index is 1.36. The van der Waals surface area contributed by atoms with Crippen LogP contribution in [0.25, 0.3) is 32.7 Å². The SMILES string of the molecule is CC(C)N1CCc2nc3ccccc3c(C(=O)OCC(=O)n3c4ccccc4c4ccccc43)c2C1. The molecular formula is C30H27N3O3. The molecule has 0 unspecified atom stereocenters. The Morgan fingerprint density at radius 1 is 0.889 bits per heavy atom. The van der Waals surface area contributed by atoms with E-state index in [9.17, 15) is 9.59 Å². The molecule has 0 saturated carbocycles. The first-order valence-electron chi connectivity index (χ1n) is 12.4. The molecule has 0 atom stereocenters. The summed E-state index contributed by atoms with van der Waals surface area (Å²) in [6, 6.07) is 23.6. The number of carbonyl (C=O) groups is 2. The van der Waals surface area contributed by atoms with Gasteiger partial charge in [-0.1, -0.05) is 54.6 Å². The maximum Gasteiger partial charge on any atom is 0.339 e. The molecule has 3 heterocycles. The molecule has 3 aromatic carbocycles. The van der Waals surface area contributed by atoms with Gasteiger partial charge in [0.05, 0.1) is 22.1 Å². The van der Waals surface area contributed by atoms with E-state index in [2.05, 4.69) is 18.7 Å². The van der Waals surface area contributed by atoms with Crippen LogP contribution in [-0.4, -0.2) is 45.5 Å². The number of aromatic nitrogens is 2. The summed E-state index contributed by atoms with van der Waals surface area (Å²) in [4.78, 5) is 34.2. The van der Waals surface area contributed by atoms with Crippen LogP contribution in [0.15, 0.2) is 72.8 Å². The number of nitrogens with zero attached hydrogens (tertiary/aromatic N) is 3. The Labute approximate surface area is 209 Å². The molecule has 1 aliphatic heterocycles. The molecule has 0 amide bonds. The molecule has 2 aromatic heterocycles. The Bertz CT molecular complexity index is 1600. The molecule has 6 nitrogen and oxygen atoms in total. The third kappa shape index (κ3) is 3.65. The fraction of sp³-hybridized carbons (Fsp3) is 0.233. The fourth-order valence-corrected chi connectivity index (χ4v) is 5.34. The van der Waals surface area contributed by atoms with Crippen LogP contribution in [0, 0.1) is 0 Å². The summed E-state index contributed by atoms with van der Waals surface area (Å²) in [5.74, 6) is -0.763. The van der Waals surface area contributed by atoms with E-state index in [4.69, 9.17) is 9.72 Å². The second-order valence-electron chi connectivity index (χ2n) is 9.58. The van der Waals surface area contributed by atoms with E-state index >= 15 is 0 Å². The van der Waals surface area contributed by atoms with Crippen LogP contribution < -0.4 is 0 Å². The number of pyridine rings is 1. The van der Waals surface area contributed by atoms with Crippen molar-refractivity contribution in [1.82, 2.24) is 14.5 Å². The Morgan fingerprint density at radius 3 is 2.17 bits per heavy atom. The largest absolute Gasteiger partial charge is 0.452 e. The first kappa shape index (κ1) is 22.4. The van der Waals surface area contributed by atoms with Crippen LogP contribution in [0.5, 0.6) is 0 Å². The van der Waals surface area contributed by atoms with E-state index in [1.807, 2.05) is 72.8 Å². The van der Waals surface area contributed by atoms with Gasteiger partial charge in [0.15, 0.2) is 6.61 Å². The molecule has 0 fully saturated rings. The first-order chi connectivity index (χ1) is 17.5. The average molecular weight is 478 g/mol. The molecule has 180 valence electrons. The normalized spacial score (nSPS) is 14.0. The highest BCUT2D eigenvalue weighted by molar-refractivity contribution is 6.14. The zero-order valence-electron chi connectivity index (χ0n) is 20.4. The lowest BCUT2D eigenvalue weighted by Gasteiger charge is -2.32. The molecule has 5 aromatic rings. The van der Waals surface area contributed by atoms with Gasteiger partial charge in [-0.3, -0.25) is 19.2 Å². The van der Waals surface area contributed by atoms with Crippen molar-refractivity contribution in [2.75, 3.05) is 13.2 Å². The second kappa shape index (κ2) is 8.88. The standard InChI is InChI=1S/C30H27N3O3/c1-19(2)32-16-15-25-23(17-32)29(22-11-3-6-12-24(22)31-25)30(35)36-18-28(34)33-26-13-7-4-9-20(26)21-10-5-8-14-27(21)33/h3-14,19H,15-18H2,1-2H3. The lowest BCUT2D eigenvalue weighted by molar-refractivity contribution is 0.0450. The first-order valence-corrected chi connectivity index (χ1v) is 12.4. The summed E-state index contributed by atoms with van der Waals surface area (Å²) < 4.78 is 7.38. The van der Waals surface area contributed by atoms with Crippen LogP contribution >= 0.6 is 0 Å². The number of ether oxygens (including phenoxy) is 1. The van der Waals surface area contributed by atoms with E-state index < -0.39 is 5.97 Å². The smallest absolute Gasteiger partial charge is 0.339 e. The average Bonchev–Trinajstić information content (AvgIpc) is 3.24. The fourth-order valence-electron chi connectivity index (χ4n) is 5.34. The van der Waals surface area contributed by atoms with E-state index in [0.717, 1.165) is 56.9 Å². The molecule has 0 radical (unpaired) electrons. The zero-order valence-corrected chi connectivity index (χ0v) is 20.4. The minimum absolute atomic E-state index is 0.281. The van der Waals surface area contributed by atoms with Crippen molar-refractivity contribution in [1.29, 1.82) is 0 Å². The van der Waals surface area contributed by atoms with Crippen molar-refractivity contribution in [3.8, 4) is 0 Å². The molecule has 0 bridgehead atoms. The van der Waals surface area contributed by atoms with E-state index in [1.54, 1.807) is 4.57 Å². The molecule has 0 N–H and O–H groups in total. The molecule has 0 aliphatic carbocycles. The zero-order chi connectivity index (χ0) is 24.8. The number of hydrogen-bond acceptors (Lipinski definition) is 5. The van der Waals surface area contributed by atoms with E-state index in [-0.39, 0.29) is 12.5 Å². The van der Waals surface area contributed by atoms with Crippen molar-refractivity contribution in [2.24, 2.45) is 0 Å². The Hall–Kier alpha value is -4.03. The number of rotatable bonds is 4. The molecule has 36 heavy (non-hydrogen) atoms. The topological polar surface area (TPSA) is 64.4 Å². The third-order valence-corrected chi connectivity index (χ3v) is 7.17. The molecule has 0 saturated heterocycles. The van der Waals surface area contributed by atoms with Gasteiger partial charge in [-0.05, 0) is 32.0 Å². The summed E-state index contributed by atoms with van der Waals surface area (Å²) in [5, 5.41) is 2.75. The Kier molecular flexibility index (Phi) is 5.53. The van der Waals surface area contributed by atoms with Crippen molar-refractivity contribution in [3.63, 3.8) is 0 Å². The number of esters is 1. The van der Waals surface area contributed by atoms with E-state index in [1.165, 1.54) is 0 Å². The van der Waals surface area contributed by atoms with Gasteiger partial charge < -0.3 is 4.74 Å². The number of benzene rings is 3. The predicted molar refractivity (Wildman–Crippen MR) is 141 cm³/mol. The monoisotopic (exact) mass is 477 g/mol. The molecule has 6 heteroatoms. The van der Waals surface area contributed by atoms with Crippen LogP contribution in [-0.2, 0) is 17.7 Å². The maximum atomic E-state index is 13.6. The van der Waals surface area contributed by atoms with Gasteiger partial charge in [0.2, 0.25) is 0 Å². The van der Waals surface area contributed by atoms with Crippen LogP contribution in [0.4, 0.5) is 0 Å². The molecule has 1 aliphatic rings. The second-order valence-corrected chi connectivity index (χ2v) is 9.58. The lowest BCUT2D eigenvalue weighted by atomic mass is 9.95. The number of carbonyl (C=O) groups excluding carboxylic acids is 2. The summed E-state index contributed by atoms with van der Waals surface area (Å²) >= 11 is 0. The van der Waals surface area contributed by atoms with Gasteiger partial charge >= 0.3 is 5.97 Å². The summed E-state index contributed by atoms with van der Waals surface area (Å²) in [6.45, 7) is 5.50. The van der Waals surface area contributed by atoms with Crippen molar-refractivity contribution in [3.05, 3.63) is 89.6 Å². The van der Waals surface area contributed by atoms with Crippen LogP contribution in [0.2, 0.25) is 0 Å². The maximum absolute atomic E-state index is 13.6. The summed E-state index contributed by atoms with van der Waals surface area (Å²) in [7, 11) is 0. The Morgan fingerprint density at radius 2 is 1.50 bits per heavy atom. The van der Waals surface area contributed by atoms with Crippen molar-refractivity contribution >= 4 is 44.6 Å². The molecule has 0 spiro atoms. The van der Waals surface area contributed by atoms with Gasteiger partial charge in [-0.15, -0.1) is 0 Å². The number of hydrogen-bond donors (Lipinski definition) is 0. The lowest BCUT2D eigenvalue weighted by Crippen LogP contribution is -2.37. The highest BCUT2D eigenvalue weighted by Gasteiger charge is 2.28. The van der Waals surface area contributed by atoms with Crippen molar-refractivity contribution in [2.45, 2.75) is 32.9 Å². The predicted octanol–water partition coefficient (Wildman–Crippen LogP) is 5.61. The van der Waals surface area contributed by atoms with Gasteiger partial charge in [0.25, 0.3) is 5.91 Å². The summed E-state index contributed by atoms with van der Waals surface area (Å²) in [6.07, 6.45) is 0.777. The van der Waals surface area contributed by atoms with Gasteiger partial charge in [-0.25, -0.2) is 4.79 Å². The van der Waals surface area contributed by atoms with E-state index in [0.29, 0.717) is 18.2 Å². The van der Waals surface area contributed by atoms with Crippen molar-refractivity contribution < 1.29 is 14.3 Å². The van der Waals surface area contributed by atoms with Gasteiger partial charge in [0, 0.05) is 53.0 Å². The quantitative estimate of drug-likeness (QED) is 0.315. The highest BCUT2D eigenvalue weighted by atomic mass is 16.5. The highest BCUT2D eigenvalue weighted by Crippen LogP contribution is 2.31. The number of fused-ring (bicyclic) bond motifs is 5. The summed E-state index contributed by atoms with van der Waals surface area (Å²) in [5.41, 5.74) is 4.75. The van der Waals surface area contributed by atoms with Gasteiger partial charge in [-0.2, -0.15) is 0 Å². The molecule has 6 rings (SSSR count). The number of para-hydroxylation sites is 3. The third-order valence-electron chi connectivity index (χ3n) is 7.17. The minimum Gasteiger partial charge on any atom is -0.452 e. The van der Waals surface area contributed by atoms with Crippen LogP contribution in [0.1, 0.15) is 40.3 Å². The van der Waals surface area contributed by atoms with Gasteiger partial charge in [0.1, 0.15) is 0 Å². The minimum atomic E-state index is -0.482. The molecular weight excluding hydrogens is 450 g/mol. The van der Waals surface area contributed by atoms with Crippen LogP contribution in [0.3, 0.4) is 0 Å².